The number of benzene rings is 2. The third-order valence-corrected chi connectivity index (χ3v) is 5.64. The van der Waals surface area contributed by atoms with Gasteiger partial charge in [-0.15, -0.1) is 0 Å². The fraction of sp³-hybridized carbons (Fsp3) is 0.455. The van der Waals surface area contributed by atoms with Gasteiger partial charge in [0.1, 0.15) is 30.5 Å². The van der Waals surface area contributed by atoms with Crippen molar-refractivity contribution in [1.29, 1.82) is 0 Å². The van der Waals surface area contributed by atoms with Crippen LogP contribution in [0.5, 0.6) is 0 Å². The van der Waals surface area contributed by atoms with Crippen LogP contribution in [-0.4, -0.2) is 51.4 Å². The van der Waals surface area contributed by atoms with E-state index in [4.69, 9.17) is 4.74 Å². The molecule has 1 heterocycles. The van der Waals surface area contributed by atoms with Crippen molar-refractivity contribution in [2.75, 3.05) is 6.61 Å². The molecule has 0 aromatic heterocycles. The second-order valence-electron chi connectivity index (χ2n) is 7.64. The van der Waals surface area contributed by atoms with E-state index < -0.39 is 37.1 Å². The molecule has 2 aromatic carbocycles. The lowest BCUT2D eigenvalue weighted by Gasteiger charge is -2.40. The molecule has 1 aliphatic carbocycles. The van der Waals surface area contributed by atoms with E-state index in [2.05, 4.69) is 18.2 Å². The molecule has 5 heteroatoms. The Labute approximate surface area is 158 Å². The molecular formula is C22H26O5. The first-order valence-electron chi connectivity index (χ1n) is 9.55. The minimum Gasteiger partial charge on any atom is -0.394 e. The highest BCUT2D eigenvalue weighted by atomic mass is 16.5. The highest BCUT2D eigenvalue weighted by molar-refractivity contribution is 5.41. The summed E-state index contributed by atoms with van der Waals surface area (Å²) in [7, 11) is 0. The van der Waals surface area contributed by atoms with Gasteiger partial charge in [-0.3, -0.25) is 0 Å². The zero-order valence-corrected chi connectivity index (χ0v) is 15.1. The van der Waals surface area contributed by atoms with Gasteiger partial charge in [-0.05, 0) is 47.4 Å². The average Bonchev–Trinajstić information content (AvgIpc) is 3.52. The molecule has 2 aliphatic rings. The third-order valence-electron chi connectivity index (χ3n) is 5.64. The van der Waals surface area contributed by atoms with Gasteiger partial charge in [0.05, 0.1) is 6.61 Å². The molecule has 4 N–H and O–H groups in total. The molecule has 5 nitrogen and oxygen atoms in total. The van der Waals surface area contributed by atoms with Gasteiger partial charge < -0.3 is 25.2 Å². The van der Waals surface area contributed by atoms with E-state index in [1.54, 1.807) is 0 Å². The Hall–Kier alpha value is -1.76. The Morgan fingerprint density at radius 2 is 1.63 bits per heavy atom. The molecule has 4 rings (SSSR count). The molecule has 0 spiro atoms. The summed E-state index contributed by atoms with van der Waals surface area (Å²) in [5.41, 5.74) is 4.48. The van der Waals surface area contributed by atoms with E-state index >= 15 is 0 Å². The normalized spacial score (nSPS) is 31.0. The quantitative estimate of drug-likeness (QED) is 0.643. The predicted octanol–water partition coefficient (Wildman–Crippen LogP) is 1.67. The summed E-state index contributed by atoms with van der Waals surface area (Å²) >= 11 is 0. The van der Waals surface area contributed by atoms with Crippen molar-refractivity contribution in [2.45, 2.75) is 55.7 Å². The summed E-state index contributed by atoms with van der Waals surface area (Å²) in [6, 6.07) is 16.3. The van der Waals surface area contributed by atoms with Crippen LogP contribution in [0.25, 0.3) is 0 Å². The largest absolute Gasteiger partial charge is 0.394 e. The molecule has 5 atom stereocenters. The van der Waals surface area contributed by atoms with Crippen LogP contribution in [0, 0.1) is 0 Å². The Kier molecular flexibility index (Phi) is 5.30. The molecule has 1 aliphatic heterocycles. The number of rotatable bonds is 5. The van der Waals surface area contributed by atoms with Crippen LogP contribution >= 0.6 is 0 Å². The Balaban J connectivity index is 1.66. The van der Waals surface area contributed by atoms with Crippen LogP contribution in [-0.2, 0) is 11.2 Å². The van der Waals surface area contributed by atoms with Crippen molar-refractivity contribution in [3.05, 3.63) is 70.8 Å². The van der Waals surface area contributed by atoms with Gasteiger partial charge in [0.25, 0.3) is 0 Å². The minimum atomic E-state index is -1.36. The smallest absolute Gasteiger partial charge is 0.113 e. The van der Waals surface area contributed by atoms with E-state index in [1.165, 1.54) is 29.5 Å². The van der Waals surface area contributed by atoms with Crippen molar-refractivity contribution < 1.29 is 25.2 Å². The van der Waals surface area contributed by atoms with Gasteiger partial charge >= 0.3 is 0 Å². The van der Waals surface area contributed by atoms with Gasteiger partial charge in [0, 0.05) is 0 Å². The van der Waals surface area contributed by atoms with Crippen molar-refractivity contribution >= 4 is 0 Å². The highest BCUT2D eigenvalue weighted by Crippen LogP contribution is 2.43. The first kappa shape index (κ1) is 18.6. The molecule has 144 valence electrons. The predicted molar refractivity (Wildman–Crippen MR) is 100 cm³/mol. The van der Waals surface area contributed by atoms with Crippen molar-refractivity contribution in [1.82, 2.24) is 0 Å². The second-order valence-corrected chi connectivity index (χ2v) is 7.64. The lowest BCUT2D eigenvalue weighted by atomic mass is 9.88. The maximum Gasteiger partial charge on any atom is 0.113 e. The van der Waals surface area contributed by atoms with E-state index in [9.17, 15) is 20.4 Å². The molecule has 0 bridgehead atoms. The van der Waals surface area contributed by atoms with E-state index in [0.29, 0.717) is 5.92 Å². The maximum atomic E-state index is 10.4. The topological polar surface area (TPSA) is 90.2 Å². The first-order valence-corrected chi connectivity index (χ1v) is 9.55. The number of aliphatic hydroxyl groups is 4. The molecule has 2 fully saturated rings. The average molecular weight is 370 g/mol. The lowest BCUT2D eigenvalue weighted by molar-refractivity contribution is -0.231. The number of ether oxygens (including phenoxy) is 1. The fourth-order valence-electron chi connectivity index (χ4n) is 3.94. The molecule has 0 radical (unpaired) electrons. The Morgan fingerprint density at radius 1 is 0.889 bits per heavy atom. The number of hydrogen-bond donors (Lipinski definition) is 4. The SMILES string of the molecule is OC[C@H]1O[C@@H](c2ccc(C3CC3)c(Cc3ccccc3)c2)[C@H](O)[C@@H](O)[C@@H]1O. The van der Waals surface area contributed by atoms with E-state index in [1.807, 2.05) is 30.3 Å². The van der Waals surface area contributed by atoms with Crippen molar-refractivity contribution in [3.63, 3.8) is 0 Å². The summed E-state index contributed by atoms with van der Waals surface area (Å²) < 4.78 is 5.73. The molecular weight excluding hydrogens is 344 g/mol. The summed E-state index contributed by atoms with van der Waals surface area (Å²) in [5.74, 6) is 0.590. The summed E-state index contributed by atoms with van der Waals surface area (Å²) in [6.07, 6.45) is -2.45. The standard InChI is InChI=1S/C22H26O5/c23-12-18-19(24)20(25)21(26)22(27-18)15-8-9-17(14-6-7-14)16(11-15)10-13-4-2-1-3-5-13/h1-5,8-9,11,14,18-26H,6-7,10,12H2/t18-,19-,20+,21-,22+/m1/s1. The Bertz CT molecular complexity index is 772. The molecule has 0 amide bonds. The van der Waals surface area contributed by atoms with Crippen LogP contribution in [0.1, 0.15) is 47.1 Å². The maximum absolute atomic E-state index is 10.4. The monoisotopic (exact) mass is 370 g/mol. The van der Waals surface area contributed by atoms with E-state index in [0.717, 1.165) is 12.0 Å². The van der Waals surface area contributed by atoms with Crippen molar-refractivity contribution in [2.24, 2.45) is 0 Å². The zero-order chi connectivity index (χ0) is 19.0. The molecule has 1 saturated carbocycles. The fourth-order valence-corrected chi connectivity index (χ4v) is 3.94. The lowest BCUT2D eigenvalue weighted by Crippen LogP contribution is -2.55. The number of hydrogen-bond acceptors (Lipinski definition) is 5. The Morgan fingerprint density at radius 3 is 2.30 bits per heavy atom. The summed E-state index contributed by atoms with van der Waals surface area (Å²) in [6.45, 7) is -0.418. The summed E-state index contributed by atoms with van der Waals surface area (Å²) in [5, 5.41) is 40.0. The second kappa shape index (κ2) is 7.70. The van der Waals surface area contributed by atoms with Crippen LogP contribution in [0.3, 0.4) is 0 Å². The van der Waals surface area contributed by atoms with E-state index in [-0.39, 0.29) is 0 Å². The highest BCUT2D eigenvalue weighted by Gasteiger charge is 2.44. The van der Waals surface area contributed by atoms with Gasteiger partial charge in [-0.2, -0.15) is 0 Å². The molecule has 2 aromatic rings. The molecule has 0 unspecified atom stereocenters. The number of aliphatic hydroxyl groups excluding tert-OH is 4. The van der Waals surface area contributed by atoms with Gasteiger partial charge in [-0.1, -0.05) is 48.5 Å². The minimum absolute atomic E-state index is 0.418. The van der Waals surface area contributed by atoms with Crippen LogP contribution in [0.15, 0.2) is 48.5 Å². The molecule has 27 heavy (non-hydrogen) atoms. The van der Waals surface area contributed by atoms with Crippen LogP contribution < -0.4 is 0 Å². The van der Waals surface area contributed by atoms with Crippen molar-refractivity contribution in [3.8, 4) is 0 Å². The summed E-state index contributed by atoms with van der Waals surface area (Å²) in [4.78, 5) is 0. The first-order chi connectivity index (χ1) is 13.1. The third kappa shape index (κ3) is 3.79. The van der Waals surface area contributed by atoms with Crippen LogP contribution in [0.2, 0.25) is 0 Å². The van der Waals surface area contributed by atoms with Crippen LogP contribution in [0.4, 0.5) is 0 Å². The van der Waals surface area contributed by atoms with Gasteiger partial charge in [-0.25, -0.2) is 0 Å². The molecule has 1 saturated heterocycles. The van der Waals surface area contributed by atoms with Gasteiger partial charge in [0.2, 0.25) is 0 Å². The zero-order valence-electron chi connectivity index (χ0n) is 15.1. The van der Waals surface area contributed by atoms with Gasteiger partial charge in [0.15, 0.2) is 0 Å².